The van der Waals surface area contributed by atoms with E-state index in [4.69, 9.17) is 5.73 Å². The van der Waals surface area contributed by atoms with Gasteiger partial charge in [0.05, 0.1) is 6.26 Å². The van der Waals surface area contributed by atoms with Gasteiger partial charge in [0.1, 0.15) is 0 Å². The molecule has 1 unspecified atom stereocenters. The van der Waals surface area contributed by atoms with Gasteiger partial charge in [0.25, 0.3) is 0 Å². The zero-order valence-electron chi connectivity index (χ0n) is 12.8. The number of nitrogens with two attached hydrogens (primary N) is 1. The van der Waals surface area contributed by atoms with Crippen molar-refractivity contribution in [2.75, 3.05) is 25.9 Å². The highest BCUT2D eigenvalue weighted by atomic mass is 32.2. The Morgan fingerprint density at radius 2 is 1.85 bits per heavy atom. The van der Waals surface area contributed by atoms with Crippen molar-refractivity contribution in [1.29, 1.82) is 0 Å². The fourth-order valence-corrected chi connectivity index (χ4v) is 2.52. The van der Waals surface area contributed by atoms with E-state index < -0.39 is 10.0 Å². The van der Waals surface area contributed by atoms with Gasteiger partial charge in [0.2, 0.25) is 15.9 Å². The summed E-state index contributed by atoms with van der Waals surface area (Å²) in [5.41, 5.74) is 5.57. The molecule has 0 aromatic carbocycles. The second kappa shape index (κ2) is 10.1. The first-order valence-electron chi connectivity index (χ1n) is 7.17. The summed E-state index contributed by atoms with van der Waals surface area (Å²) >= 11 is 0. The Morgan fingerprint density at radius 1 is 1.20 bits per heavy atom. The number of rotatable bonds is 11. The van der Waals surface area contributed by atoms with E-state index in [0.717, 1.165) is 19.1 Å². The molecule has 1 amide bonds. The molecule has 0 saturated carbocycles. The molecule has 7 heteroatoms. The van der Waals surface area contributed by atoms with E-state index in [9.17, 15) is 13.2 Å². The summed E-state index contributed by atoms with van der Waals surface area (Å²) in [7, 11) is -3.14. The molecule has 0 rings (SSSR count). The maximum absolute atomic E-state index is 11.7. The molecule has 0 spiro atoms. The van der Waals surface area contributed by atoms with Crippen LogP contribution in [0.3, 0.4) is 0 Å². The van der Waals surface area contributed by atoms with Gasteiger partial charge in [-0.25, -0.2) is 13.1 Å². The van der Waals surface area contributed by atoms with Crippen molar-refractivity contribution >= 4 is 15.9 Å². The second-order valence-electron chi connectivity index (χ2n) is 5.49. The number of amides is 1. The van der Waals surface area contributed by atoms with Gasteiger partial charge in [-0.3, -0.25) is 4.79 Å². The Morgan fingerprint density at radius 3 is 2.35 bits per heavy atom. The van der Waals surface area contributed by atoms with Crippen molar-refractivity contribution in [3.8, 4) is 0 Å². The highest BCUT2D eigenvalue weighted by Gasteiger charge is 2.14. The van der Waals surface area contributed by atoms with Gasteiger partial charge in [-0.15, -0.1) is 0 Å². The summed E-state index contributed by atoms with van der Waals surface area (Å²) in [6.07, 6.45) is 4.01. The van der Waals surface area contributed by atoms with Gasteiger partial charge in [-0.1, -0.05) is 13.8 Å². The van der Waals surface area contributed by atoms with Crippen LogP contribution in [0.25, 0.3) is 0 Å². The van der Waals surface area contributed by atoms with Crippen LogP contribution >= 0.6 is 0 Å². The minimum Gasteiger partial charge on any atom is -0.356 e. The van der Waals surface area contributed by atoms with Crippen molar-refractivity contribution in [3.63, 3.8) is 0 Å². The van der Waals surface area contributed by atoms with Crippen molar-refractivity contribution in [3.05, 3.63) is 0 Å². The zero-order valence-corrected chi connectivity index (χ0v) is 13.6. The second-order valence-corrected chi connectivity index (χ2v) is 7.32. The number of nitrogens with one attached hydrogen (secondary N) is 2. The number of carbonyl (C=O) groups excluding carboxylic acids is 1. The molecule has 4 N–H and O–H groups in total. The molecule has 6 nitrogen and oxygen atoms in total. The first kappa shape index (κ1) is 19.3. The monoisotopic (exact) mass is 307 g/mol. The highest BCUT2D eigenvalue weighted by Crippen LogP contribution is 2.20. The Bertz CT molecular complexity index is 369. The lowest BCUT2D eigenvalue weighted by Gasteiger charge is -2.19. The van der Waals surface area contributed by atoms with Crippen LogP contribution in [0.5, 0.6) is 0 Å². The van der Waals surface area contributed by atoms with Gasteiger partial charge in [0.15, 0.2) is 0 Å². The SMILES string of the molecule is CC(C)C(CCN)CCC(=O)NCCCNS(C)(=O)=O. The molecule has 0 aromatic heterocycles. The summed E-state index contributed by atoms with van der Waals surface area (Å²) in [5, 5.41) is 2.80. The Hall–Kier alpha value is -0.660. The molecule has 0 aromatic rings. The largest absolute Gasteiger partial charge is 0.356 e. The van der Waals surface area contributed by atoms with Crippen LogP contribution in [0.4, 0.5) is 0 Å². The standard InChI is InChI=1S/C13H29N3O3S/c1-11(2)12(7-8-14)5-6-13(17)15-9-4-10-16-20(3,18)19/h11-12,16H,4-10,14H2,1-3H3,(H,15,17). The van der Waals surface area contributed by atoms with Crippen LogP contribution in [0.2, 0.25) is 0 Å². The molecule has 0 radical (unpaired) electrons. The minimum atomic E-state index is -3.14. The molecule has 0 aliphatic rings. The fraction of sp³-hybridized carbons (Fsp3) is 0.923. The Kier molecular flexibility index (Phi) is 9.79. The molecule has 0 bridgehead atoms. The Labute approximate surface area is 122 Å². The van der Waals surface area contributed by atoms with Gasteiger partial charge < -0.3 is 11.1 Å². The maximum Gasteiger partial charge on any atom is 0.220 e. The highest BCUT2D eigenvalue weighted by molar-refractivity contribution is 7.88. The fourth-order valence-electron chi connectivity index (χ4n) is 2.00. The number of hydrogen-bond donors (Lipinski definition) is 3. The van der Waals surface area contributed by atoms with Gasteiger partial charge in [0, 0.05) is 19.5 Å². The van der Waals surface area contributed by atoms with E-state index in [1.807, 2.05) is 0 Å². The van der Waals surface area contributed by atoms with Crippen LogP contribution in [0.1, 0.15) is 39.5 Å². The molecule has 1 atom stereocenters. The quantitative estimate of drug-likeness (QED) is 0.482. The van der Waals surface area contributed by atoms with Crippen LogP contribution in [0, 0.1) is 11.8 Å². The summed E-state index contributed by atoms with van der Waals surface area (Å²) < 4.78 is 24.0. The topological polar surface area (TPSA) is 101 Å². The lowest BCUT2D eigenvalue weighted by atomic mass is 9.88. The molecule has 0 aliphatic heterocycles. The number of carbonyl (C=O) groups is 1. The molecule has 20 heavy (non-hydrogen) atoms. The van der Waals surface area contributed by atoms with Crippen molar-refractivity contribution < 1.29 is 13.2 Å². The molecular weight excluding hydrogens is 278 g/mol. The van der Waals surface area contributed by atoms with Crippen molar-refractivity contribution in [2.45, 2.75) is 39.5 Å². The molecule has 0 saturated heterocycles. The number of hydrogen-bond acceptors (Lipinski definition) is 4. The van der Waals surface area contributed by atoms with Gasteiger partial charge in [-0.2, -0.15) is 0 Å². The van der Waals surface area contributed by atoms with E-state index in [1.54, 1.807) is 0 Å². The van der Waals surface area contributed by atoms with E-state index in [1.165, 1.54) is 0 Å². The summed E-state index contributed by atoms with van der Waals surface area (Å²) in [6, 6.07) is 0. The number of sulfonamides is 1. The first-order valence-corrected chi connectivity index (χ1v) is 9.06. The Balaban J connectivity index is 3.73. The molecule has 0 fully saturated rings. The summed E-state index contributed by atoms with van der Waals surface area (Å²) in [6.45, 7) is 5.79. The maximum atomic E-state index is 11.7. The van der Waals surface area contributed by atoms with Crippen molar-refractivity contribution in [2.24, 2.45) is 17.6 Å². The van der Waals surface area contributed by atoms with E-state index in [0.29, 0.717) is 44.3 Å². The predicted molar refractivity (Wildman–Crippen MR) is 81.7 cm³/mol. The summed E-state index contributed by atoms with van der Waals surface area (Å²) in [5.74, 6) is 1.04. The average molecular weight is 307 g/mol. The van der Waals surface area contributed by atoms with Gasteiger partial charge in [-0.05, 0) is 37.6 Å². The van der Waals surface area contributed by atoms with E-state index >= 15 is 0 Å². The lowest BCUT2D eigenvalue weighted by molar-refractivity contribution is -0.121. The molecular formula is C13H29N3O3S. The molecule has 120 valence electrons. The third kappa shape index (κ3) is 11.2. The van der Waals surface area contributed by atoms with E-state index in [-0.39, 0.29) is 5.91 Å². The van der Waals surface area contributed by atoms with E-state index in [2.05, 4.69) is 23.9 Å². The van der Waals surface area contributed by atoms with Crippen LogP contribution in [0.15, 0.2) is 0 Å². The third-order valence-electron chi connectivity index (χ3n) is 3.26. The average Bonchev–Trinajstić information content (AvgIpc) is 2.32. The smallest absolute Gasteiger partial charge is 0.220 e. The van der Waals surface area contributed by atoms with Gasteiger partial charge >= 0.3 is 0 Å². The first-order chi connectivity index (χ1) is 9.26. The van der Waals surface area contributed by atoms with Crippen LogP contribution < -0.4 is 15.8 Å². The lowest BCUT2D eigenvalue weighted by Crippen LogP contribution is -2.29. The minimum absolute atomic E-state index is 0.0204. The normalized spacial score (nSPS) is 13.4. The van der Waals surface area contributed by atoms with Crippen molar-refractivity contribution in [1.82, 2.24) is 10.0 Å². The third-order valence-corrected chi connectivity index (χ3v) is 3.99. The predicted octanol–water partition coefficient (Wildman–Crippen LogP) is 0.443. The molecule has 0 heterocycles. The summed E-state index contributed by atoms with van der Waals surface area (Å²) in [4.78, 5) is 11.7. The van der Waals surface area contributed by atoms with Crippen LogP contribution in [-0.4, -0.2) is 40.2 Å². The zero-order chi connectivity index (χ0) is 15.6. The molecule has 0 aliphatic carbocycles. The van der Waals surface area contributed by atoms with Crippen LogP contribution in [-0.2, 0) is 14.8 Å².